The lowest BCUT2D eigenvalue weighted by atomic mass is 10.1. The van der Waals surface area contributed by atoms with E-state index in [-0.39, 0.29) is 17.5 Å². The smallest absolute Gasteiger partial charge is 0.354 e. The number of hydrogen-bond donors (Lipinski definition) is 1. The second-order valence-corrected chi connectivity index (χ2v) is 5.02. The zero-order valence-electron chi connectivity index (χ0n) is 11.0. The van der Waals surface area contributed by atoms with Crippen LogP contribution in [0.1, 0.15) is 61.4 Å². The van der Waals surface area contributed by atoms with Gasteiger partial charge in [0.25, 0.3) is 0 Å². The first kappa shape index (κ1) is 12.5. The van der Waals surface area contributed by atoms with E-state index in [2.05, 4.69) is 10.1 Å². The fourth-order valence-corrected chi connectivity index (χ4v) is 1.74. The molecular formula is C13H17N3O2. The molecule has 0 radical (unpaired) electrons. The first-order valence-corrected chi connectivity index (χ1v) is 6.04. The summed E-state index contributed by atoms with van der Waals surface area (Å²) in [6.45, 7) is 8.02. The number of hydrogen-bond acceptors (Lipinski definition) is 3. The Kier molecular flexibility index (Phi) is 3.07. The monoisotopic (exact) mass is 247 g/mol. The van der Waals surface area contributed by atoms with Gasteiger partial charge >= 0.3 is 5.97 Å². The van der Waals surface area contributed by atoms with Crippen molar-refractivity contribution in [1.29, 1.82) is 0 Å². The number of carbonyl (C=O) groups is 1. The molecule has 0 bridgehead atoms. The maximum absolute atomic E-state index is 11.3. The fourth-order valence-electron chi connectivity index (χ4n) is 1.74. The van der Waals surface area contributed by atoms with Crippen LogP contribution in [0, 0.1) is 0 Å². The Hall–Kier alpha value is -1.91. The number of carboxylic acid groups (broad SMARTS) is 1. The van der Waals surface area contributed by atoms with E-state index >= 15 is 0 Å². The number of fused-ring (bicyclic) bond motifs is 1. The molecule has 0 aromatic carbocycles. The Bertz CT molecular complexity index is 600. The predicted octanol–water partition coefficient (Wildman–Crippen LogP) is 2.67. The summed E-state index contributed by atoms with van der Waals surface area (Å²) in [5, 5.41) is 13.6. The summed E-state index contributed by atoms with van der Waals surface area (Å²) in [5.41, 5.74) is 2.39. The molecule has 0 fully saturated rings. The summed E-state index contributed by atoms with van der Waals surface area (Å²) in [5.74, 6) is -0.552. The number of carboxylic acids is 1. The minimum Gasteiger partial charge on any atom is -0.477 e. The maximum Gasteiger partial charge on any atom is 0.354 e. The maximum atomic E-state index is 11.3. The van der Waals surface area contributed by atoms with E-state index in [1.165, 1.54) is 4.52 Å². The molecule has 18 heavy (non-hydrogen) atoms. The largest absolute Gasteiger partial charge is 0.477 e. The van der Waals surface area contributed by atoms with E-state index in [1.807, 2.05) is 33.8 Å². The molecule has 0 saturated heterocycles. The van der Waals surface area contributed by atoms with Crippen molar-refractivity contribution < 1.29 is 9.90 Å². The van der Waals surface area contributed by atoms with Crippen molar-refractivity contribution in [2.75, 3.05) is 0 Å². The van der Waals surface area contributed by atoms with Gasteiger partial charge in [0.2, 0.25) is 0 Å². The van der Waals surface area contributed by atoms with Gasteiger partial charge in [0.1, 0.15) is 0 Å². The third kappa shape index (κ3) is 2.08. The fraction of sp³-hybridized carbons (Fsp3) is 0.462. The SMILES string of the molecule is CC(C)c1cc(C(=O)O)n2nc(C(C)C)cc2n1. The van der Waals surface area contributed by atoms with Gasteiger partial charge in [-0.15, -0.1) is 0 Å². The quantitative estimate of drug-likeness (QED) is 0.905. The van der Waals surface area contributed by atoms with Crippen LogP contribution in [0.15, 0.2) is 12.1 Å². The lowest BCUT2D eigenvalue weighted by molar-refractivity contribution is 0.0687. The zero-order chi connectivity index (χ0) is 13.4. The Balaban J connectivity index is 2.73. The normalized spacial score (nSPS) is 11.7. The van der Waals surface area contributed by atoms with Crippen molar-refractivity contribution in [2.24, 2.45) is 0 Å². The van der Waals surface area contributed by atoms with Crippen LogP contribution < -0.4 is 0 Å². The molecule has 0 amide bonds. The zero-order valence-corrected chi connectivity index (χ0v) is 11.0. The molecule has 2 heterocycles. The third-order valence-corrected chi connectivity index (χ3v) is 2.87. The van der Waals surface area contributed by atoms with Gasteiger partial charge in [0.15, 0.2) is 11.3 Å². The minimum absolute atomic E-state index is 0.163. The van der Waals surface area contributed by atoms with E-state index in [0.29, 0.717) is 5.65 Å². The molecule has 5 heteroatoms. The molecule has 2 rings (SSSR count). The summed E-state index contributed by atoms with van der Waals surface area (Å²) in [6.07, 6.45) is 0. The minimum atomic E-state index is -0.984. The molecule has 96 valence electrons. The highest BCUT2D eigenvalue weighted by atomic mass is 16.4. The standard InChI is InChI=1S/C13H17N3O2/c1-7(2)9-5-11(13(17)18)16-12(14-9)6-10(15-16)8(3)4/h5-8H,1-4H3,(H,17,18). The van der Waals surface area contributed by atoms with Crippen LogP contribution in [0.4, 0.5) is 0 Å². The van der Waals surface area contributed by atoms with Crippen molar-refractivity contribution in [3.8, 4) is 0 Å². The lowest BCUT2D eigenvalue weighted by Crippen LogP contribution is -2.10. The van der Waals surface area contributed by atoms with E-state index in [4.69, 9.17) is 0 Å². The van der Waals surface area contributed by atoms with Gasteiger partial charge in [0, 0.05) is 11.8 Å². The molecule has 0 unspecified atom stereocenters. The summed E-state index contributed by atoms with van der Waals surface area (Å²) in [4.78, 5) is 15.7. The first-order chi connectivity index (χ1) is 8.40. The number of aromatic nitrogens is 3. The van der Waals surface area contributed by atoms with Crippen LogP contribution in [0.25, 0.3) is 5.65 Å². The molecule has 0 aliphatic carbocycles. The molecule has 2 aromatic rings. The second kappa shape index (κ2) is 4.40. The van der Waals surface area contributed by atoms with Gasteiger partial charge in [0.05, 0.1) is 5.69 Å². The van der Waals surface area contributed by atoms with E-state index in [0.717, 1.165) is 11.4 Å². The molecule has 2 aromatic heterocycles. The lowest BCUT2D eigenvalue weighted by Gasteiger charge is -2.07. The van der Waals surface area contributed by atoms with E-state index in [1.54, 1.807) is 6.07 Å². The van der Waals surface area contributed by atoms with E-state index in [9.17, 15) is 9.90 Å². The number of aromatic carboxylic acids is 1. The predicted molar refractivity (Wildman–Crippen MR) is 68.1 cm³/mol. The van der Waals surface area contributed by atoms with Crippen molar-refractivity contribution >= 4 is 11.6 Å². The average Bonchev–Trinajstić information content (AvgIpc) is 2.70. The summed E-state index contributed by atoms with van der Waals surface area (Å²) >= 11 is 0. The summed E-state index contributed by atoms with van der Waals surface area (Å²) in [7, 11) is 0. The van der Waals surface area contributed by atoms with E-state index < -0.39 is 5.97 Å². The highest BCUT2D eigenvalue weighted by molar-refractivity contribution is 5.86. The number of rotatable bonds is 3. The van der Waals surface area contributed by atoms with Crippen LogP contribution in [0.3, 0.4) is 0 Å². The topological polar surface area (TPSA) is 67.5 Å². The summed E-state index contributed by atoms with van der Waals surface area (Å²) < 4.78 is 1.41. The van der Waals surface area contributed by atoms with Gasteiger partial charge in [-0.1, -0.05) is 27.7 Å². The van der Waals surface area contributed by atoms with Crippen molar-refractivity contribution in [3.05, 3.63) is 29.2 Å². The van der Waals surface area contributed by atoms with Crippen LogP contribution in [0.5, 0.6) is 0 Å². The van der Waals surface area contributed by atoms with Crippen LogP contribution in [0.2, 0.25) is 0 Å². The molecular weight excluding hydrogens is 230 g/mol. The molecule has 0 aliphatic rings. The van der Waals surface area contributed by atoms with Crippen LogP contribution in [-0.4, -0.2) is 25.7 Å². The molecule has 0 spiro atoms. The molecule has 1 N–H and O–H groups in total. The molecule has 0 aliphatic heterocycles. The molecule has 0 saturated carbocycles. The first-order valence-electron chi connectivity index (χ1n) is 6.04. The Morgan fingerprint density at radius 3 is 2.28 bits per heavy atom. The van der Waals surface area contributed by atoms with Crippen molar-refractivity contribution in [2.45, 2.75) is 39.5 Å². The van der Waals surface area contributed by atoms with Gasteiger partial charge in [-0.25, -0.2) is 14.3 Å². The van der Waals surface area contributed by atoms with Crippen molar-refractivity contribution in [3.63, 3.8) is 0 Å². The van der Waals surface area contributed by atoms with Gasteiger partial charge < -0.3 is 5.11 Å². The summed E-state index contributed by atoms with van der Waals surface area (Å²) in [6, 6.07) is 3.44. The van der Waals surface area contributed by atoms with Gasteiger partial charge in [-0.05, 0) is 17.9 Å². The Labute approximate surface area is 105 Å². The van der Waals surface area contributed by atoms with Crippen LogP contribution >= 0.6 is 0 Å². The Morgan fingerprint density at radius 1 is 1.17 bits per heavy atom. The average molecular weight is 247 g/mol. The van der Waals surface area contributed by atoms with Gasteiger partial charge in [-0.3, -0.25) is 0 Å². The van der Waals surface area contributed by atoms with Crippen LogP contribution in [-0.2, 0) is 0 Å². The third-order valence-electron chi connectivity index (χ3n) is 2.87. The number of nitrogens with zero attached hydrogens (tertiary/aromatic N) is 3. The highest BCUT2D eigenvalue weighted by Crippen LogP contribution is 2.19. The molecule has 5 nitrogen and oxygen atoms in total. The second-order valence-electron chi connectivity index (χ2n) is 5.02. The van der Waals surface area contributed by atoms with Crippen molar-refractivity contribution in [1.82, 2.24) is 14.6 Å². The van der Waals surface area contributed by atoms with Gasteiger partial charge in [-0.2, -0.15) is 5.10 Å². The molecule has 0 atom stereocenters. The Morgan fingerprint density at radius 2 is 1.78 bits per heavy atom. The highest BCUT2D eigenvalue weighted by Gasteiger charge is 2.16.